The van der Waals surface area contributed by atoms with E-state index in [2.05, 4.69) is 0 Å². The van der Waals surface area contributed by atoms with Gasteiger partial charge in [0, 0.05) is 11.8 Å². The third kappa shape index (κ3) is 1.45. The molecule has 0 amide bonds. The number of hydrogen-bond donors (Lipinski definition) is 1. The fourth-order valence-electron chi connectivity index (χ4n) is 7.02. The van der Waals surface area contributed by atoms with Crippen molar-refractivity contribution < 1.29 is 29.0 Å². The number of allylic oxidation sites excluding steroid dienone is 2. The second-order valence-corrected chi connectivity index (χ2v) is 9.46. The Labute approximate surface area is 151 Å². The topological polar surface area (TPSA) is 89.9 Å². The first-order valence-corrected chi connectivity index (χ1v) is 9.43. The average molecular weight is 360 g/mol. The zero-order chi connectivity index (χ0) is 18.7. The van der Waals surface area contributed by atoms with Crippen molar-refractivity contribution in [2.45, 2.75) is 51.9 Å². The van der Waals surface area contributed by atoms with Crippen LogP contribution in [0.5, 0.6) is 0 Å². The lowest BCUT2D eigenvalue weighted by Crippen LogP contribution is -2.80. The van der Waals surface area contributed by atoms with E-state index in [0.29, 0.717) is 12.8 Å². The average Bonchev–Trinajstić information content (AvgIpc) is 2.74. The van der Waals surface area contributed by atoms with Gasteiger partial charge >= 0.3 is 5.97 Å². The molecule has 6 rings (SSSR count). The molecular formula is C20H24O6. The van der Waals surface area contributed by atoms with Crippen LogP contribution in [-0.4, -0.2) is 41.1 Å². The molecule has 5 fully saturated rings. The van der Waals surface area contributed by atoms with Crippen LogP contribution in [0.1, 0.15) is 40.0 Å². The fraction of sp³-hybridized carbons (Fsp3) is 0.750. The summed E-state index contributed by atoms with van der Waals surface area (Å²) >= 11 is 0. The number of Topliss-reactive ketones (excluding diaryl/α,β-unsaturated/α-hetero) is 1. The number of fused-ring (bicyclic) bond motifs is 1. The number of aliphatic hydroxyl groups is 1. The molecule has 0 unspecified atom stereocenters. The van der Waals surface area contributed by atoms with E-state index < -0.39 is 34.1 Å². The van der Waals surface area contributed by atoms with Crippen LogP contribution in [0, 0.1) is 34.0 Å². The Kier molecular flexibility index (Phi) is 2.86. The van der Waals surface area contributed by atoms with Crippen molar-refractivity contribution in [3.63, 3.8) is 0 Å². The molecule has 1 N–H and O–H groups in total. The van der Waals surface area contributed by atoms with E-state index in [-0.39, 0.29) is 42.3 Å². The van der Waals surface area contributed by atoms with Gasteiger partial charge < -0.3 is 14.6 Å². The van der Waals surface area contributed by atoms with Crippen LogP contribution in [0.15, 0.2) is 12.2 Å². The maximum atomic E-state index is 13.2. The smallest absolute Gasteiger partial charge is 0.318 e. The molecule has 4 bridgehead atoms. The van der Waals surface area contributed by atoms with Gasteiger partial charge in [0.15, 0.2) is 11.9 Å². The Bertz CT molecular complexity index is 783. The van der Waals surface area contributed by atoms with Gasteiger partial charge in [0.05, 0.1) is 12.0 Å². The molecule has 2 spiro atoms. The van der Waals surface area contributed by atoms with Gasteiger partial charge in [-0.2, -0.15) is 0 Å². The predicted molar refractivity (Wildman–Crippen MR) is 88.6 cm³/mol. The van der Waals surface area contributed by atoms with Crippen molar-refractivity contribution in [3.05, 3.63) is 12.2 Å². The number of carbonyl (C=O) groups is 3. The first-order valence-electron chi connectivity index (χ1n) is 9.43. The molecule has 3 aliphatic heterocycles. The predicted octanol–water partition coefficient (Wildman–Crippen LogP) is 1.40. The third-order valence-corrected chi connectivity index (χ3v) is 8.10. The Morgan fingerprint density at radius 3 is 2.69 bits per heavy atom. The van der Waals surface area contributed by atoms with Crippen LogP contribution in [0.25, 0.3) is 0 Å². The highest BCUT2D eigenvalue weighted by atomic mass is 16.7. The summed E-state index contributed by atoms with van der Waals surface area (Å²) in [5.41, 5.74) is -2.61. The van der Waals surface area contributed by atoms with Gasteiger partial charge in [-0.1, -0.05) is 19.9 Å². The van der Waals surface area contributed by atoms with Crippen LogP contribution in [0.3, 0.4) is 0 Å². The number of esters is 1. The minimum absolute atomic E-state index is 0.00312. The third-order valence-electron chi connectivity index (χ3n) is 8.10. The lowest BCUT2D eigenvalue weighted by atomic mass is 9.37. The Hall–Kier alpha value is -1.53. The summed E-state index contributed by atoms with van der Waals surface area (Å²) in [6.45, 7) is 5.65. The van der Waals surface area contributed by atoms with Crippen molar-refractivity contribution >= 4 is 17.5 Å². The van der Waals surface area contributed by atoms with Gasteiger partial charge in [-0.15, -0.1) is 0 Å². The highest BCUT2D eigenvalue weighted by Gasteiger charge is 2.87. The largest absolute Gasteiger partial charge is 0.456 e. The lowest BCUT2D eigenvalue weighted by molar-refractivity contribution is -0.396. The van der Waals surface area contributed by atoms with Crippen LogP contribution < -0.4 is 0 Å². The molecule has 3 aliphatic carbocycles. The molecule has 0 radical (unpaired) electrons. The molecule has 0 aromatic heterocycles. The second kappa shape index (κ2) is 4.47. The number of rotatable bonds is 1. The van der Waals surface area contributed by atoms with Crippen molar-refractivity contribution in [3.8, 4) is 0 Å². The maximum Gasteiger partial charge on any atom is 0.318 e. The van der Waals surface area contributed by atoms with Gasteiger partial charge in [-0.05, 0) is 43.6 Å². The van der Waals surface area contributed by atoms with Crippen molar-refractivity contribution in [2.24, 2.45) is 34.0 Å². The van der Waals surface area contributed by atoms with Crippen LogP contribution >= 0.6 is 0 Å². The summed E-state index contributed by atoms with van der Waals surface area (Å²) in [5.74, 6) is -3.31. The fourth-order valence-corrected chi connectivity index (χ4v) is 7.02. The summed E-state index contributed by atoms with van der Waals surface area (Å²) in [6.07, 6.45) is 3.97. The van der Waals surface area contributed by atoms with Crippen molar-refractivity contribution in [1.29, 1.82) is 0 Å². The summed E-state index contributed by atoms with van der Waals surface area (Å²) in [6, 6.07) is 0. The number of ketones is 2. The highest BCUT2D eigenvalue weighted by Crippen LogP contribution is 2.75. The minimum atomic E-state index is -1.77. The monoisotopic (exact) mass is 360 g/mol. The zero-order valence-corrected chi connectivity index (χ0v) is 15.3. The standard InChI is InChI=1S/C20H24O6/c1-10(21)11-4-5-12-18-9-25-20(24)15(26-16(23)19(12,20)8-11)14(18)17(2,3)7-6-13(18)22/h6-7,11-12,14-15,24H,4-5,8-9H2,1-3H3/t11-,12+,14-,15+,18-,19+,20+/m1/s1. The molecule has 0 aromatic rings. The molecule has 3 heterocycles. The number of hydrogen-bond acceptors (Lipinski definition) is 6. The quantitative estimate of drug-likeness (QED) is 0.711. The molecule has 6 heteroatoms. The minimum Gasteiger partial charge on any atom is -0.456 e. The molecule has 6 nitrogen and oxygen atoms in total. The van der Waals surface area contributed by atoms with E-state index in [4.69, 9.17) is 9.47 Å². The first kappa shape index (κ1) is 16.6. The van der Waals surface area contributed by atoms with Crippen molar-refractivity contribution in [1.82, 2.24) is 0 Å². The highest BCUT2D eigenvalue weighted by molar-refractivity contribution is 5.99. The van der Waals surface area contributed by atoms with Gasteiger partial charge in [0.1, 0.15) is 11.2 Å². The SMILES string of the molecule is CC(=O)[C@@H]1CC[C@H]2[C@@]34CO[C@@]5(O)[C@@H](OC(=O)[C@]25C1)[C@@H]3C(C)(C)C=CC4=O. The number of ether oxygens (including phenoxy) is 2. The van der Waals surface area contributed by atoms with Crippen LogP contribution in [0.2, 0.25) is 0 Å². The molecule has 2 saturated carbocycles. The Morgan fingerprint density at radius 1 is 1.27 bits per heavy atom. The normalized spacial score (nSPS) is 53.1. The summed E-state index contributed by atoms with van der Waals surface area (Å²) in [4.78, 5) is 38.4. The lowest BCUT2D eigenvalue weighted by Gasteiger charge is -2.68. The van der Waals surface area contributed by atoms with Gasteiger partial charge in [-0.25, -0.2) is 0 Å². The summed E-state index contributed by atoms with van der Waals surface area (Å²) < 4.78 is 11.6. The van der Waals surface area contributed by atoms with Gasteiger partial charge in [0.2, 0.25) is 5.79 Å². The van der Waals surface area contributed by atoms with Crippen LogP contribution in [-0.2, 0) is 23.9 Å². The van der Waals surface area contributed by atoms with Gasteiger partial charge in [0.25, 0.3) is 0 Å². The van der Waals surface area contributed by atoms with Crippen LogP contribution in [0.4, 0.5) is 0 Å². The molecule has 140 valence electrons. The summed E-state index contributed by atoms with van der Waals surface area (Å²) in [7, 11) is 0. The molecule has 7 atom stereocenters. The maximum absolute atomic E-state index is 13.2. The van der Waals surface area contributed by atoms with Crippen molar-refractivity contribution in [2.75, 3.05) is 6.61 Å². The van der Waals surface area contributed by atoms with E-state index in [0.717, 1.165) is 0 Å². The van der Waals surface area contributed by atoms with E-state index in [1.165, 1.54) is 6.92 Å². The molecule has 3 saturated heterocycles. The van der Waals surface area contributed by atoms with E-state index >= 15 is 0 Å². The van der Waals surface area contributed by atoms with E-state index in [1.54, 1.807) is 6.08 Å². The molecule has 26 heavy (non-hydrogen) atoms. The molecule has 0 aromatic carbocycles. The zero-order valence-electron chi connectivity index (χ0n) is 15.3. The van der Waals surface area contributed by atoms with Gasteiger partial charge in [-0.3, -0.25) is 14.4 Å². The Balaban J connectivity index is 1.77. The molecular weight excluding hydrogens is 336 g/mol. The number of carbonyl (C=O) groups excluding carboxylic acids is 3. The van der Waals surface area contributed by atoms with E-state index in [1.807, 2.05) is 19.9 Å². The Morgan fingerprint density at radius 2 is 2.00 bits per heavy atom. The van der Waals surface area contributed by atoms with E-state index in [9.17, 15) is 19.5 Å². The first-order chi connectivity index (χ1) is 12.1. The second-order valence-electron chi connectivity index (χ2n) is 9.46. The summed E-state index contributed by atoms with van der Waals surface area (Å²) in [5, 5.41) is 11.6. The molecule has 6 aliphatic rings.